The smallest absolute Gasteiger partial charge is 0.214 e. The van der Waals surface area contributed by atoms with E-state index < -0.39 is 16.1 Å². The Bertz CT molecular complexity index is 486. The lowest BCUT2D eigenvalue weighted by Crippen LogP contribution is -2.30. The van der Waals surface area contributed by atoms with Gasteiger partial charge < -0.3 is 15.6 Å². The van der Waals surface area contributed by atoms with E-state index >= 15 is 0 Å². The van der Waals surface area contributed by atoms with Crippen LogP contribution in [0.4, 0.5) is 5.69 Å². The molecule has 1 aromatic rings. The molecule has 0 aromatic heterocycles. The predicted octanol–water partition coefficient (Wildman–Crippen LogP) is 0.728. The summed E-state index contributed by atoms with van der Waals surface area (Å²) in [7, 11) is -3.34. The van der Waals surface area contributed by atoms with Crippen LogP contribution in [0.1, 0.15) is 19.8 Å². The number of nitrogens with two attached hydrogens (primary N) is 1. The zero-order valence-corrected chi connectivity index (χ0v) is 12.4. The van der Waals surface area contributed by atoms with Gasteiger partial charge in [0.25, 0.3) is 0 Å². The number of aliphatic hydroxyl groups excluding tert-OH is 1. The molecule has 6 nitrogen and oxygen atoms in total. The van der Waals surface area contributed by atoms with Crippen molar-refractivity contribution in [1.29, 1.82) is 0 Å². The number of sulfonamides is 1. The first-order valence-electron chi connectivity index (χ1n) is 6.53. The molecule has 0 heterocycles. The van der Waals surface area contributed by atoms with Crippen molar-refractivity contribution in [3.63, 3.8) is 0 Å². The third-order valence-corrected chi connectivity index (χ3v) is 3.97. The summed E-state index contributed by atoms with van der Waals surface area (Å²) in [5.74, 6) is 0.481. The third-order valence-electron chi connectivity index (χ3n) is 2.62. The Labute approximate surface area is 120 Å². The molecular formula is C13H22N2O4S. The molecule has 1 unspecified atom stereocenters. The lowest BCUT2D eigenvalue weighted by molar-refractivity contribution is 0.182. The quantitative estimate of drug-likeness (QED) is 0.461. The molecule has 0 aliphatic heterocycles. The van der Waals surface area contributed by atoms with E-state index in [9.17, 15) is 8.42 Å². The van der Waals surface area contributed by atoms with Gasteiger partial charge in [0.05, 0.1) is 11.9 Å². The van der Waals surface area contributed by atoms with Gasteiger partial charge in [-0.05, 0) is 44.0 Å². The van der Waals surface area contributed by atoms with E-state index in [2.05, 4.69) is 4.72 Å². The highest BCUT2D eigenvalue weighted by molar-refractivity contribution is 7.89. The van der Waals surface area contributed by atoms with Gasteiger partial charge in [-0.15, -0.1) is 0 Å². The number of benzene rings is 1. The van der Waals surface area contributed by atoms with Gasteiger partial charge in [-0.25, -0.2) is 13.1 Å². The standard InChI is InChI=1S/C13H22N2O4S/c1-11(16)3-2-8-15-20(17,18)10-9-19-13-6-4-12(14)5-7-13/h4-7,11,15-16H,2-3,8-10,14H2,1H3. The van der Waals surface area contributed by atoms with Crippen molar-refractivity contribution >= 4 is 15.7 Å². The molecule has 0 bridgehead atoms. The second kappa shape index (κ2) is 8.08. The maximum atomic E-state index is 11.6. The van der Waals surface area contributed by atoms with Crippen molar-refractivity contribution in [2.45, 2.75) is 25.9 Å². The summed E-state index contributed by atoms with van der Waals surface area (Å²) in [4.78, 5) is 0. The zero-order chi connectivity index (χ0) is 15.0. The minimum atomic E-state index is -3.34. The maximum Gasteiger partial charge on any atom is 0.214 e. The predicted molar refractivity (Wildman–Crippen MR) is 79.1 cm³/mol. The number of rotatable bonds is 9. The second-order valence-electron chi connectivity index (χ2n) is 4.62. The average Bonchev–Trinajstić information content (AvgIpc) is 2.37. The van der Waals surface area contributed by atoms with E-state index in [1.807, 2.05) is 0 Å². The van der Waals surface area contributed by atoms with Crippen LogP contribution in [0.5, 0.6) is 5.75 Å². The number of nitrogen functional groups attached to an aromatic ring is 1. The highest BCUT2D eigenvalue weighted by Gasteiger charge is 2.10. The maximum absolute atomic E-state index is 11.6. The Balaban J connectivity index is 2.24. The highest BCUT2D eigenvalue weighted by Crippen LogP contribution is 2.12. The van der Waals surface area contributed by atoms with Gasteiger partial charge in [0.1, 0.15) is 12.4 Å². The van der Waals surface area contributed by atoms with Gasteiger partial charge in [0, 0.05) is 12.2 Å². The molecule has 0 fully saturated rings. The van der Waals surface area contributed by atoms with E-state index in [0.717, 1.165) is 0 Å². The molecule has 20 heavy (non-hydrogen) atoms. The van der Waals surface area contributed by atoms with Gasteiger partial charge in [-0.3, -0.25) is 0 Å². The van der Waals surface area contributed by atoms with Gasteiger partial charge in [0.15, 0.2) is 0 Å². The number of nitrogens with one attached hydrogen (secondary N) is 1. The fraction of sp³-hybridized carbons (Fsp3) is 0.538. The van der Waals surface area contributed by atoms with Gasteiger partial charge in [0.2, 0.25) is 10.0 Å². The van der Waals surface area contributed by atoms with Crippen LogP contribution in [0.15, 0.2) is 24.3 Å². The molecule has 1 aromatic carbocycles. The monoisotopic (exact) mass is 302 g/mol. The van der Waals surface area contributed by atoms with Gasteiger partial charge in [-0.1, -0.05) is 0 Å². The van der Waals surface area contributed by atoms with E-state index in [0.29, 0.717) is 30.8 Å². The van der Waals surface area contributed by atoms with Crippen LogP contribution in [0.2, 0.25) is 0 Å². The van der Waals surface area contributed by atoms with Crippen molar-refractivity contribution < 1.29 is 18.3 Å². The van der Waals surface area contributed by atoms with Crippen LogP contribution in [0.25, 0.3) is 0 Å². The van der Waals surface area contributed by atoms with Crippen LogP contribution in [0.3, 0.4) is 0 Å². The Kier molecular flexibility index (Phi) is 6.77. The molecule has 0 aliphatic carbocycles. The number of aliphatic hydroxyl groups is 1. The Morgan fingerprint density at radius 2 is 2.00 bits per heavy atom. The summed E-state index contributed by atoms with van der Waals surface area (Å²) < 4.78 is 31.1. The molecule has 0 spiro atoms. The molecule has 114 valence electrons. The number of hydrogen-bond acceptors (Lipinski definition) is 5. The van der Waals surface area contributed by atoms with Crippen LogP contribution in [-0.2, 0) is 10.0 Å². The van der Waals surface area contributed by atoms with E-state index in [1.54, 1.807) is 31.2 Å². The summed E-state index contributed by atoms with van der Waals surface area (Å²) in [5.41, 5.74) is 6.16. The minimum Gasteiger partial charge on any atom is -0.492 e. The van der Waals surface area contributed by atoms with Crippen molar-refractivity contribution in [1.82, 2.24) is 4.72 Å². The molecule has 7 heteroatoms. The van der Waals surface area contributed by atoms with Crippen LogP contribution < -0.4 is 15.2 Å². The summed E-state index contributed by atoms with van der Waals surface area (Å²) in [6.07, 6.45) is 0.772. The van der Waals surface area contributed by atoms with Gasteiger partial charge >= 0.3 is 0 Å². The number of ether oxygens (including phenoxy) is 1. The van der Waals surface area contributed by atoms with Gasteiger partial charge in [-0.2, -0.15) is 0 Å². The Morgan fingerprint density at radius 3 is 2.60 bits per heavy atom. The van der Waals surface area contributed by atoms with Crippen molar-refractivity contribution in [2.75, 3.05) is 24.6 Å². The summed E-state index contributed by atoms with van der Waals surface area (Å²) in [5, 5.41) is 9.06. The summed E-state index contributed by atoms with van der Waals surface area (Å²) in [6.45, 7) is 2.08. The molecule has 1 rings (SSSR count). The lowest BCUT2D eigenvalue weighted by Gasteiger charge is -2.09. The molecule has 0 radical (unpaired) electrons. The Morgan fingerprint density at radius 1 is 1.35 bits per heavy atom. The zero-order valence-electron chi connectivity index (χ0n) is 11.6. The Hall–Kier alpha value is -1.31. The molecule has 0 aliphatic rings. The molecule has 0 amide bonds. The summed E-state index contributed by atoms with van der Waals surface area (Å²) >= 11 is 0. The van der Waals surface area contributed by atoms with Crippen molar-refractivity contribution in [3.05, 3.63) is 24.3 Å². The van der Waals surface area contributed by atoms with Crippen molar-refractivity contribution in [3.8, 4) is 5.75 Å². The second-order valence-corrected chi connectivity index (χ2v) is 6.55. The lowest BCUT2D eigenvalue weighted by atomic mass is 10.2. The van der Waals surface area contributed by atoms with E-state index in [-0.39, 0.29) is 12.4 Å². The first-order chi connectivity index (χ1) is 9.39. The fourth-order valence-corrected chi connectivity index (χ4v) is 2.43. The summed E-state index contributed by atoms with van der Waals surface area (Å²) in [6, 6.07) is 6.77. The van der Waals surface area contributed by atoms with Crippen LogP contribution in [-0.4, -0.2) is 38.5 Å². The SMILES string of the molecule is CC(O)CCCNS(=O)(=O)CCOc1ccc(N)cc1. The first kappa shape index (κ1) is 16.7. The number of anilines is 1. The molecule has 0 saturated carbocycles. The van der Waals surface area contributed by atoms with E-state index in [4.69, 9.17) is 15.6 Å². The first-order valence-corrected chi connectivity index (χ1v) is 8.18. The largest absolute Gasteiger partial charge is 0.492 e. The minimum absolute atomic E-state index is 0.0790. The fourth-order valence-electron chi connectivity index (χ4n) is 1.53. The number of hydrogen-bond donors (Lipinski definition) is 3. The molecular weight excluding hydrogens is 280 g/mol. The van der Waals surface area contributed by atoms with E-state index in [1.165, 1.54) is 0 Å². The molecule has 0 saturated heterocycles. The highest BCUT2D eigenvalue weighted by atomic mass is 32.2. The van der Waals surface area contributed by atoms with Crippen molar-refractivity contribution in [2.24, 2.45) is 0 Å². The average molecular weight is 302 g/mol. The van der Waals surface area contributed by atoms with Crippen LogP contribution in [0, 0.1) is 0 Å². The topological polar surface area (TPSA) is 102 Å². The normalized spacial score (nSPS) is 13.1. The molecule has 1 atom stereocenters. The van der Waals surface area contributed by atoms with Crippen LogP contribution >= 0.6 is 0 Å². The third kappa shape index (κ3) is 7.32. The molecule has 4 N–H and O–H groups in total.